The van der Waals surface area contributed by atoms with Crippen LogP contribution in [0.4, 0.5) is 11.4 Å². The molecule has 1 aromatic carbocycles. The van der Waals surface area contributed by atoms with E-state index in [0.29, 0.717) is 23.8 Å². The van der Waals surface area contributed by atoms with Crippen molar-refractivity contribution >= 4 is 27.3 Å². The van der Waals surface area contributed by atoms with Crippen LogP contribution < -0.4 is 15.4 Å². The summed E-state index contributed by atoms with van der Waals surface area (Å²) in [4.78, 5) is 12.2. The van der Waals surface area contributed by atoms with Gasteiger partial charge in [0.15, 0.2) is 0 Å². The maximum absolute atomic E-state index is 12.2. The predicted molar refractivity (Wildman–Crippen MR) is 83.8 cm³/mol. The van der Waals surface area contributed by atoms with Crippen molar-refractivity contribution in [3.63, 3.8) is 0 Å². The number of aryl methyl sites for hydroxylation is 1. The van der Waals surface area contributed by atoms with Gasteiger partial charge in [-0.05, 0) is 43.1 Å². The number of carbonyl (C=O) groups is 1. The van der Waals surface area contributed by atoms with E-state index >= 15 is 0 Å². The molecule has 0 aliphatic carbocycles. The summed E-state index contributed by atoms with van der Waals surface area (Å²) in [6.07, 6.45) is 1.11. The first-order chi connectivity index (χ1) is 9.76. The normalized spacial score (nSPS) is 22.0. The van der Waals surface area contributed by atoms with Gasteiger partial charge in [-0.15, -0.1) is 0 Å². The van der Waals surface area contributed by atoms with Gasteiger partial charge in [0.25, 0.3) is 0 Å². The molecule has 0 aromatic heterocycles. The number of hydrogen-bond acceptors (Lipinski definition) is 4. The SMILES string of the molecule is Cc1cc(NC(=O)C2CNCC2C)ccc1NS(C)(=O)=O. The van der Waals surface area contributed by atoms with Crippen LogP contribution >= 0.6 is 0 Å². The van der Waals surface area contributed by atoms with E-state index in [-0.39, 0.29) is 11.8 Å². The Kier molecular flexibility index (Phi) is 4.53. The summed E-state index contributed by atoms with van der Waals surface area (Å²) in [5.41, 5.74) is 1.96. The fraction of sp³-hybridized carbons (Fsp3) is 0.500. The van der Waals surface area contributed by atoms with Crippen LogP contribution in [0.25, 0.3) is 0 Å². The third-order valence-corrected chi connectivity index (χ3v) is 4.23. The Morgan fingerprint density at radius 3 is 2.57 bits per heavy atom. The van der Waals surface area contributed by atoms with E-state index in [9.17, 15) is 13.2 Å². The number of rotatable bonds is 4. The van der Waals surface area contributed by atoms with Crippen LogP contribution in [0.15, 0.2) is 18.2 Å². The minimum absolute atomic E-state index is 0.00396. The zero-order chi connectivity index (χ0) is 15.6. The van der Waals surface area contributed by atoms with Crippen LogP contribution in [-0.4, -0.2) is 33.7 Å². The Labute approximate surface area is 125 Å². The Bertz CT molecular complexity index is 643. The fourth-order valence-corrected chi connectivity index (χ4v) is 3.08. The standard InChI is InChI=1S/C14H21N3O3S/c1-9-6-11(4-5-13(9)17-21(3,19)20)16-14(18)12-8-15-7-10(12)2/h4-6,10,12,15,17H,7-8H2,1-3H3,(H,16,18). The van der Waals surface area contributed by atoms with Gasteiger partial charge >= 0.3 is 0 Å². The third kappa shape index (κ3) is 4.18. The molecule has 0 bridgehead atoms. The second-order valence-corrected chi connectivity index (χ2v) is 7.38. The van der Waals surface area contributed by atoms with E-state index in [1.807, 2.05) is 0 Å². The van der Waals surface area contributed by atoms with Crippen LogP contribution in [0, 0.1) is 18.8 Å². The minimum Gasteiger partial charge on any atom is -0.326 e. The average molecular weight is 311 g/mol. The topological polar surface area (TPSA) is 87.3 Å². The molecule has 2 rings (SSSR count). The average Bonchev–Trinajstić information content (AvgIpc) is 2.77. The molecule has 1 aliphatic rings. The van der Waals surface area contributed by atoms with Crippen molar-refractivity contribution < 1.29 is 13.2 Å². The quantitative estimate of drug-likeness (QED) is 0.779. The molecule has 1 aromatic rings. The summed E-state index contributed by atoms with van der Waals surface area (Å²) in [5.74, 6) is 0.284. The highest BCUT2D eigenvalue weighted by Gasteiger charge is 2.29. The zero-order valence-corrected chi connectivity index (χ0v) is 13.3. The second-order valence-electron chi connectivity index (χ2n) is 5.64. The highest BCUT2D eigenvalue weighted by atomic mass is 32.2. The van der Waals surface area contributed by atoms with Gasteiger partial charge in [-0.3, -0.25) is 9.52 Å². The summed E-state index contributed by atoms with van der Waals surface area (Å²) < 4.78 is 24.9. The lowest BCUT2D eigenvalue weighted by molar-refractivity contribution is -0.120. The van der Waals surface area contributed by atoms with Gasteiger partial charge in [0, 0.05) is 12.2 Å². The summed E-state index contributed by atoms with van der Waals surface area (Å²) in [6, 6.07) is 5.12. The summed E-state index contributed by atoms with van der Waals surface area (Å²) in [5, 5.41) is 6.09. The molecule has 6 nitrogen and oxygen atoms in total. The number of amides is 1. The molecule has 1 amide bonds. The lowest BCUT2D eigenvalue weighted by Crippen LogP contribution is -2.27. The largest absolute Gasteiger partial charge is 0.326 e. The van der Waals surface area contributed by atoms with Crippen molar-refractivity contribution in [2.75, 3.05) is 29.4 Å². The molecular weight excluding hydrogens is 290 g/mol. The lowest BCUT2D eigenvalue weighted by Gasteiger charge is -2.15. The number of hydrogen-bond donors (Lipinski definition) is 3. The van der Waals surface area contributed by atoms with Gasteiger partial charge in [-0.2, -0.15) is 0 Å². The third-order valence-electron chi connectivity index (χ3n) is 3.64. The maximum Gasteiger partial charge on any atom is 0.229 e. The first kappa shape index (κ1) is 15.8. The van der Waals surface area contributed by atoms with E-state index in [1.165, 1.54) is 0 Å². The molecule has 1 saturated heterocycles. The molecular formula is C14H21N3O3S. The van der Waals surface area contributed by atoms with Crippen molar-refractivity contribution in [3.8, 4) is 0 Å². The minimum atomic E-state index is -3.30. The first-order valence-electron chi connectivity index (χ1n) is 6.86. The Morgan fingerprint density at radius 2 is 2.05 bits per heavy atom. The van der Waals surface area contributed by atoms with Gasteiger partial charge in [0.2, 0.25) is 15.9 Å². The predicted octanol–water partition coefficient (Wildman–Crippen LogP) is 1.16. The van der Waals surface area contributed by atoms with Crippen molar-refractivity contribution in [3.05, 3.63) is 23.8 Å². The fourth-order valence-electron chi connectivity index (χ4n) is 2.45. The van der Waals surface area contributed by atoms with Crippen LogP contribution in [-0.2, 0) is 14.8 Å². The molecule has 0 saturated carbocycles. The van der Waals surface area contributed by atoms with Crippen molar-refractivity contribution in [1.29, 1.82) is 0 Å². The van der Waals surface area contributed by atoms with Gasteiger partial charge in [0.05, 0.1) is 17.9 Å². The molecule has 1 fully saturated rings. The smallest absolute Gasteiger partial charge is 0.229 e. The molecule has 2 unspecified atom stereocenters. The number of anilines is 2. The zero-order valence-electron chi connectivity index (χ0n) is 12.4. The monoisotopic (exact) mass is 311 g/mol. The van der Waals surface area contributed by atoms with Crippen LogP contribution in [0.3, 0.4) is 0 Å². The van der Waals surface area contributed by atoms with E-state index < -0.39 is 10.0 Å². The van der Waals surface area contributed by atoms with Gasteiger partial charge < -0.3 is 10.6 Å². The Balaban J connectivity index is 2.08. The maximum atomic E-state index is 12.2. The summed E-state index contributed by atoms with van der Waals surface area (Å²) in [7, 11) is -3.30. The van der Waals surface area contributed by atoms with E-state index in [2.05, 4.69) is 22.3 Å². The van der Waals surface area contributed by atoms with Crippen molar-refractivity contribution in [1.82, 2.24) is 5.32 Å². The Morgan fingerprint density at radius 1 is 1.33 bits per heavy atom. The molecule has 21 heavy (non-hydrogen) atoms. The number of benzene rings is 1. The summed E-state index contributed by atoms with van der Waals surface area (Å²) >= 11 is 0. The highest BCUT2D eigenvalue weighted by Crippen LogP contribution is 2.23. The van der Waals surface area contributed by atoms with Crippen LogP contribution in [0.2, 0.25) is 0 Å². The molecule has 116 valence electrons. The second kappa shape index (κ2) is 6.03. The highest BCUT2D eigenvalue weighted by molar-refractivity contribution is 7.92. The molecule has 3 N–H and O–H groups in total. The lowest BCUT2D eigenvalue weighted by atomic mass is 9.97. The van der Waals surface area contributed by atoms with E-state index in [4.69, 9.17) is 0 Å². The van der Waals surface area contributed by atoms with E-state index in [0.717, 1.165) is 18.4 Å². The molecule has 0 radical (unpaired) electrons. The summed E-state index contributed by atoms with van der Waals surface area (Å²) in [6.45, 7) is 5.39. The van der Waals surface area contributed by atoms with Gasteiger partial charge in [0.1, 0.15) is 0 Å². The molecule has 7 heteroatoms. The Hall–Kier alpha value is -1.60. The van der Waals surface area contributed by atoms with Crippen LogP contribution in [0.5, 0.6) is 0 Å². The molecule has 0 spiro atoms. The molecule has 1 heterocycles. The number of nitrogens with one attached hydrogen (secondary N) is 3. The molecule has 1 aliphatic heterocycles. The van der Waals surface area contributed by atoms with Gasteiger partial charge in [-0.1, -0.05) is 6.92 Å². The van der Waals surface area contributed by atoms with Crippen molar-refractivity contribution in [2.24, 2.45) is 11.8 Å². The number of sulfonamides is 1. The van der Waals surface area contributed by atoms with Crippen LogP contribution in [0.1, 0.15) is 12.5 Å². The van der Waals surface area contributed by atoms with Gasteiger partial charge in [-0.25, -0.2) is 8.42 Å². The van der Waals surface area contributed by atoms with E-state index in [1.54, 1.807) is 25.1 Å². The van der Waals surface area contributed by atoms with Crippen molar-refractivity contribution in [2.45, 2.75) is 13.8 Å². The molecule has 2 atom stereocenters. The number of carbonyl (C=O) groups excluding carboxylic acids is 1. The first-order valence-corrected chi connectivity index (χ1v) is 8.75.